The zero-order valence-electron chi connectivity index (χ0n) is 19.3. The number of morpholine rings is 1. The zero-order valence-corrected chi connectivity index (χ0v) is 20.1. The fraction of sp³-hybridized carbons (Fsp3) is 0.440. The van der Waals surface area contributed by atoms with E-state index in [1.165, 1.54) is 0 Å². The number of nitrogens with zero attached hydrogens (tertiary/aromatic N) is 3. The van der Waals surface area contributed by atoms with Crippen LogP contribution in [-0.4, -0.2) is 51.8 Å². The van der Waals surface area contributed by atoms with E-state index in [2.05, 4.69) is 23.5 Å². The Hall–Kier alpha value is -2.57. The van der Waals surface area contributed by atoms with E-state index in [1.807, 2.05) is 52.1 Å². The molecule has 7 heteroatoms. The second-order valence-electron chi connectivity index (χ2n) is 9.45. The Morgan fingerprint density at radius 3 is 2.69 bits per heavy atom. The minimum absolute atomic E-state index is 0.166. The lowest BCUT2D eigenvalue weighted by Crippen LogP contribution is -2.48. The number of amides is 1. The summed E-state index contributed by atoms with van der Waals surface area (Å²) in [6.45, 7) is 11.2. The molecule has 1 atom stereocenters. The number of fused-ring (bicyclic) bond motifs is 1. The molecule has 1 saturated heterocycles. The van der Waals surface area contributed by atoms with E-state index in [0.717, 1.165) is 33.7 Å². The van der Waals surface area contributed by atoms with Crippen molar-refractivity contribution in [2.45, 2.75) is 52.7 Å². The Bertz CT molecular complexity index is 1150. The highest BCUT2D eigenvalue weighted by molar-refractivity contribution is 6.33. The third kappa shape index (κ3) is 4.92. The first-order chi connectivity index (χ1) is 15.1. The first kappa shape index (κ1) is 22.6. The molecule has 0 unspecified atom stereocenters. The van der Waals surface area contributed by atoms with Gasteiger partial charge >= 0.3 is 6.09 Å². The number of hydrogen-bond donors (Lipinski definition) is 0. The molecular weight excluding hydrogens is 426 g/mol. The van der Waals surface area contributed by atoms with Crippen molar-refractivity contribution in [2.24, 2.45) is 0 Å². The van der Waals surface area contributed by atoms with Crippen LogP contribution in [-0.2, 0) is 15.9 Å². The lowest BCUT2D eigenvalue weighted by molar-refractivity contribution is -0.0418. The Morgan fingerprint density at radius 2 is 1.97 bits per heavy atom. The van der Waals surface area contributed by atoms with E-state index < -0.39 is 5.60 Å². The van der Waals surface area contributed by atoms with Crippen LogP contribution in [0.1, 0.15) is 37.6 Å². The van der Waals surface area contributed by atoms with Gasteiger partial charge in [-0.05, 0) is 63.9 Å². The maximum absolute atomic E-state index is 12.6. The smallest absolute Gasteiger partial charge is 0.410 e. The molecule has 32 heavy (non-hydrogen) atoms. The van der Waals surface area contributed by atoms with Gasteiger partial charge in [-0.15, -0.1) is 0 Å². The zero-order chi connectivity index (χ0) is 23.0. The van der Waals surface area contributed by atoms with Crippen LogP contribution in [0.5, 0.6) is 0 Å². The normalized spacial score (nSPS) is 17.1. The van der Waals surface area contributed by atoms with E-state index in [0.29, 0.717) is 31.1 Å². The number of imidazole rings is 1. The third-order valence-electron chi connectivity index (χ3n) is 5.47. The lowest BCUT2D eigenvalue weighted by Gasteiger charge is -2.34. The fourth-order valence-corrected chi connectivity index (χ4v) is 4.30. The van der Waals surface area contributed by atoms with Gasteiger partial charge in [0.1, 0.15) is 11.2 Å². The summed E-state index contributed by atoms with van der Waals surface area (Å²) in [5.41, 5.74) is 5.34. The molecule has 1 aliphatic heterocycles. The molecule has 6 nitrogen and oxygen atoms in total. The summed E-state index contributed by atoms with van der Waals surface area (Å²) in [5.74, 6) is 0. The molecule has 4 rings (SSSR count). The number of pyridine rings is 1. The summed E-state index contributed by atoms with van der Waals surface area (Å²) in [7, 11) is 0. The predicted octanol–water partition coefficient (Wildman–Crippen LogP) is 5.45. The number of carbonyl (C=O) groups is 1. The highest BCUT2D eigenvalue weighted by Gasteiger charge is 2.30. The van der Waals surface area contributed by atoms with Crippen LogP contribution >= 0.6 is 11.6 Å². The summed E-state index contributed by atoms with van der Waals surface area (Å²) in [6.07, 6.45) is 2.16. The summed E-state index contributed by atoms with van der Waals surface area (Å²) in [4.78, 5) is 19.2. The summed E-state index contributed by atoms with van der Waals surface area (Å²) in [6, 6.07) is 10.1. The molecule has 0 bridgehead atoms. The molecule has 3 aromatic rings. The highest BCUT2D eigenvalue weighted by Crippen LogP contribution is 2.33. The van der Waals surface area contributed by atoms with Crippen molar-refractivity contribution in [3.8, 4) is 11.3 Å². The molecule has 0 aliphatic carbocycles. The van der Waals surface area contributed by atoms with Gasteiger partial charge in [-0.3, -0.25) is 0 Å². The Kier molecular flexibility index (Phi) is 6.19. The van der Waals surface area contributed by atoms with E-state index in [-0.39, 0.29) is 12.2 Å². The number of hydrogen-bond acceptors (Lipinski definition) is 4. The highest BCUT2D eigenvalue weighted by atomic mass is 35.5. The van der Waals surface area contributed by atoms with Gasteiger partial charge in [0, 0.05) is 24.7 Å². The topological polar surface area (TPSA) is 56.1 Å². The lowest BCUT2D eigenvalue weighted by atomic mass is 10.0. The molecule has 0 saturated carbocycles. The third-order valence-corrected chi connectivity index (χ3v) is 5.78. The second kappa shape index (κ2) is 8.75. The van der Waals surface area contributed by atoms with Crippen molar-refractivity contribution in [3.05, 3.63) is 58.4 Å². The van der Waals surface area contributed by atoms with Gasteiger partial charge in [-0.1, -0.05) is 23.7 Å². The van der Waals surface area contributed by atoms with Crippen LogP contribution in [0.3, 0.4) is 0 Å². The van der Waals surface area contributed by atoms with Gasteiger partial charge in [0.2, 0.25) is 0 Å². The molecule has 2 aromatic heterocycles. The molecule has 1 aromatic carbocycles. The largest absolute Gasteiger partial charge is 0.444 e. The molecule has 1 aliphatic rings. The maximum atomic E-state index is 12.6. The second-order valence-corrected chi connectivity index (χ2v) is 9.85. The standard InChI is InChI=1S/C25H30ClN3O3/c1-16-6-7-19(20(26)12-16)23-21(29-9-8-17(2)13-22(29)27-23)14-18-15-28(10-11-31-18)24(30)32-25(3,4)5/h6-9,12-13,18H,10-11,14-15H2,1-5H3/t18-/m0/s1. The fourth-order valence-electron chi connectivity index (χ4n) is 3.97. The van der Waals surface area contributed by atoms with Crippen molar-refractivity contribution in [2.75, 3.05) is 19.7 Å². The van der Waals surface area contributed by atoms with Crippen LogP contribution < -0.4 is 0 Å². The minimum atomic E-state index is -0.528. The number of halogens is 1. The van der Waals surface area contributed by atoms with Crippen molar-refractivity contribution < 1.29 is 14.3 Å². The number of aryl methyl sites for hydroxylation is 2. The van der Waals surface area contributed by atoms with E-state index in [9.17, 15) is 4.79 Å². The molecule has 0 N–H and O–H groups in total. The van der Waals surface area contributed by atoms with Crippen LogP contribution in [0.4, 0.5) is 4.79 Å². The van der Waals surface area contributed by atoms with E-state index in [4.69, 9.17) is 26.1 Å². The molecule has 0 spiro atoms. The monoisotopic (exact) mass is 455 g/mol. The first-order valence-corrected chi connectivity index (χ1v) is 11.3. The summed E-state index contributed by atoms with van der Waals surface area (Å²) >= 11 is 6.61. The number of benzene rings is 1. The molecule has 1 amide bonds. The van der Waals surface area contributed by atoms with Crippen LogP contribution in [0.2, 0.25) is 5.02 Å². The van der Waals surface area contributed by atoms with Crippen molar-refractivity contribution in [1.29, 1.82) is 0 Å². The van der Waals surface area contributed by atoms with Crippen LogP contribution in [0, 0.1) is 13.8 Å². The van der Waals surface area contributed by atoms with Gasteiger partial charge in [0.25, 0.3) is 0 Å². The van der Waals surface area contributed by atoms with Gasteiger partial charge in [0.15, 0.2) is 0 Å². The average molecular weight is 456 g/mol. The number of carbonyl (C=O) groups excluding carboxylic acids is 1. The summed E-state index contributed by atoms with van der Waals surface area (Å²) < 4.78 is 13.7. The van der Waals surface area contributed by atoms with E-state index in [1.54, 1.807) is 4.90 Å². The molecule has 1 fully saturated rings. The van der Waals surface area contributed by atoms with Gasteiger partial charge in [-0.25, -0.2) is 9.78 Å². The maximum Gasteiger partial charge on any atom is 0.410 e. The molecule has 0 radical (unpaired) electrons. The first-order valence-electron chi connectivity index (χ1n) is 10.9. The van der Waals surface area contributed by atoms with Crippen molar-refractivity contribution in [3.63, 3.8) is 0 Å². The van der Waals surface area contributed by atoms with Crippen LogP contribution in [0.25, 0.3) is 16.9 Å². The Morgan fingerprint density at radius 1 is 1.22 bits per heavy atom. The van der Waals surface area contributed by atoms with Crippen LogP contribution in [0.15, 0.2) is 36.5 Å². The van der Waals surface area contributed by atoms with Crippen molar-refractivity contribution >= 4 is 23.3 Å². The number of aromatic nitrogens is 2. The van der Waals surface area contributed by atoms with Gasteiger partial charge in [0.05, 0.1) is 35.7 Å². The SMILES string of the molecule is Cc1ccc(-c2nc3cc(C)ccn3c2C[C@H]2CN(C(=O)OC(C)(C)C)CCO2)c(Cl)c1. The average Bonchev–Trinajstić information content (AvgIpc) is 3.04. The quantitative estimate of drug-likeness (QED) is 0.527. The molecule has 170 valence electrons. The van der Waals surface area contributed by atoms with Crippen molar-refractivity contribution in [1.82, 2.24) is 14.3 Å². The minimum Gasteiger partial charge on any atom is -0.444 e. The van der Waals surface area contributed by atoms with Gasteiger partial charge < -0.3 is 18.8 Å². The summed E-state index contributed by atoms with van der Waals surface area (Å²) in [5, 5.41) is 0.673. The number of ether oxygens (including phenoxy) is 2. The molecular formula is C25H30ClN3O3. The predicted molar refractivity (Wildman–Crippen MR) is 126 cm³/mol. The Labute approximate surface area is 194 Å². The van der Waals surface area contributed by atoms with Gasteiger partial charge in [-0.2, -0.15) is 0 Å². The van der Waals surface area contributed by atoms with E-state index >= 15 is 0 Å². The Balaban J connectivity index is 1.67. The number of rotatable bonds is 3. The molecule has 3 heterocycles.